The van der Waals surface area contributed by atoms with E-state index in [1.54, 1.807) is 37.5 Å². The van der Waals surface area contributed by atoms with Gasteiger partial charge in [0.05, 0.1) is 30.4 Å². The molecule has 0 bridgehead atoms. The summed E-state index contributed by atoms with van der Waals surface area (Å²) in [5.74, 6) is -0.225. The molecule has 1 saturated heterocycles. The highest BCUT2D eigenvalue weighted by atomic mass is 32.2. The predicted molar refractivity (Wildman–Crippen MR) is 109 cm³/mol. The Labute approximate surface area is 165 Å². The van der Waals surface area contributed by atoms with Crippen LogP contribution in [-0.4, -0.2) is 35.5 Å². The number of hydrogen-bond acceptors (Lipinski definition) is 6. The number of benzene rings is 2. The van der Waals surface area contributed by atoms with Crippen LogP contribution in [0.15, 0.2) is 47.4 Å². The van der Waals surface area contributed by atoms with Gasteiger partial charge < -0.3 is 14.6 Å². The number of para-hydroxylation sites is 1. The second kappa shape index (κ2) is 7.81. The van der Waals surface area contributed by atoms with Crippen molar-refractivity contribution in [3.8, 4) is 11.5 Å². The number of rotatable bonds is 5. The van der Waals surface area contributed by atoms with E-state index in [1.165, 1.54) is 35.9 Å². The standard InChI is InChI=1S/C19H15NO5S2/c1-24-14-5-3-4-12(16(14)25-2)10-15-17(21)20(19(26)27-15)13-8-6-11(7-9-13)18(22)23/h3-10H,1-2H3,(H,22,23)/b15-10+. The van der Waals surface area contributed by atoms with Crippen LogP contribution in [0.2, 0.25) is 0 Å². The molecule has 0 aliphatic carbocycles. The van der Waals surface area contributed by atoms with Gasteiger partial charge in [0.15, 0.2) is 15.8 Å². The summed E-state index contributed by atoms with van der Waals surface area (Å²) in [6, 6.07) is 11.4. The molecule has 1 aliphatic heterocycles. The van der Waals surface area contributed by atoms with Crippen molar-refractivity contribution in [1.29, 1.82) is 0 Å². The number of carboxylic acids is 1. The van der Waals surface area contributed by atoms with Gasteiger partial charge in [0, 0.05) is 5.56 Å². The molecule has 0 saturated carbocycles. The zero-order valence-corrected chi connectivity index (χ0v) is 16.1. The van der Waals surface area contributed by atoms with E-state index in [0.29, 0.717) is 32.0 Å². The van der Waals surface area contributed by atoms with Gasteiger partial charge in [0.1, 0.15) is 0 Å². The van der Waals surface area contributed by atoms with Crippen LogP contribution < -0.4 is 14.4 Å². The third kappa shape index (κ3) is 3.67. The summed E-state index contributed by atoms with van der Waals surface area (Å²) in [6.45, 7) is 0. The number of methoxy groups -OCH3 is 2. The molecule has 8 heteroatoms. The average molecular weight is 401 g/mol. The van der Waals surface area contributed by atoms with Crippen LogP contribution in [0.4, 0.5) is 5.69 Å². The zero-order valence-electron chi connectivity index (χ0n) is 14.5. The molecule has 0 unspecified atom stereocenters. The first-order valence-corrected chi connectivity index (χ1v) is 9.01. The Hall–Kier alpha value is -2.84. The second-order valence-corrected chi connectivity index (χ2v) is 7.13. The number of nitrogens with zero attached hydrogens (tertiary/aromatic N) is 1. The SMILES string of the molecule is COc1cccc(/C=C2/SC(=S)N(c3ccc(C(=O)O)cc3)C2=O)c1OC. The molecular formula is C19H15NO5S2. The highest BCUT2D eigenvalue weighted by Crippen LogP contribution is 2.39. The molecule has 0 radical (unpaired) electrons. The topological polar surface area (TPSA) is 76.1 Å². The van der Waals surface area contributed by atoms with Crippen molar-refractivity contribution in [3.05, 3.63) is 58.5 Å². The lowest BCUT2D eigenvalue weighted by atomic mass is 10.1. The van der Waals surface area contributed by atoms with Crippen LogP contribution in [0.5, 0.6) is 11.5 Å². The molecule has 6 nitrogen and oxygen atoms in total. The summed E-state index contributed by atoms with van der Waals surface area (Å²) >= 11 is 6.51. The molecule has 1 aliphatic rings. The van der Waals surface area contributed by atoms with E-state index >= 15 is 0 Å². The highest BCUT2D eigenvalue weighted by molar-refractivity contribution is 8.27. The fourth-order valence-electron chi connectivity index (χ4n) is 2.61. The van der Waals surface area contributed by atoms with Crippen molar-refractivity contribution in [2.75, 3.05) is 19.1 Å². The molecule has 1 amide bonds. The number of hydrogen-bond donors (Lipinski definition) is 1. The Morgan fingerprint density at radius 1 is 1.15 bits per heavy atom. The van der Waals surface area contributed by atoms with Crippen LogP contribution in [0.3, 0.4) is 0 Å². The van der Waals surface area contributed by atoms with Crippen molar-refractivity contribution in [1.82, 2.24) is 0 Å². The molecule has 2 aromatic rings. The third-order valence-electron chi connectivity index (χ3n) is 3.89. The summed E-state index contributed by atoms with van der Waals surface area (Å²) in [5.41, 5.74) is 1.35. The van der Waals surface area contributed by atoms with Crippen molar-refractivity contribution in [2.24, 2.45) is 0 Å². The first-order valence-electron chi connectivity index (χ1n) is 7.78. The van der Waals surface area contributed by atoms with E-state index in [0.717, 1.165) is 0 Å². The Balaban J connectivity index is 1.95. The average Bonchev–Trinajstić information content (AvgIpc) is 2.94. The fourth-order valence-corrected chi connectivity index (χ4v) is 3.90. The largest absolute Gasteiger partial charge is 0.493 e. The van der Waals surface area contributed by atoms with Gasteiger partial charge in [-0.2, -0.15) is 0 Å². The van der Waals surface area contributed by atoms with Crippen LogP contribution in [0.25, 0.3) is 6.08 Å². The number of carbonyl (C=O) groups is 2. The van der Waals surface area contributed by atoms with Gasteiger partial charge in [-0.05, 0) is 36.4 Å². The number of thioether (sulfide) groups is 1. The normalized spacial score (nSPS) is 15.3. The number of aromatic carboxylic acids is 1. The number of anilines is 1. The summed E-state index contributed by atoms with van der Waals surface area (Å²) in [5, 5.41) is 9.00. The number of carboxylic acid groups (broad SMARTS) is 1. The number of ether oxygens (including phenoxy) is 2. The predicted octanol–water partition coefficient (Wildman–Crippen LogP) is 3.81. The maximum absolute atomic E-state index is 12.9. The molecule has 3 rings (SSSR count). The lowest BCUT2D eigenvalue weighted by Crippen LogP contribution is -2.27. The number of thiocarbonyl (C=S) groups is 1. The molecule has 27 heavy (non-hydrogen) atoms. The summed E-state index contributed by atoms with van der Waals surface area (Å²) < 4.78 is 11.0. The minimum Gasteiger partial charge on any atom is -0.493 e. The molecule has 2 aromatic carbocycles. The monoisotopic (exact) mass is 401 g/mol. The van der Waals surface area contributed by atoms with Gasteiger partial charge in [-0.3, -0.25) is 9.69 Å². The smallest absolute Gasteiger partial charge is 0.335 e. The lowest BCUT2D eigenvalue weighted by molar-refractivity contribution is -0.113. The fraction of sp³-hybridized carbons (Fsp3) is 0.105. The minimum absolute atomic E-state index is 0.140. The minimum atomic E-state index is -1.03. The van der Waals surface area contributed by atoms with Gasteiger partial charge in [-0.25, -0.2) is 4.79 Å². The van der Waals surface area contributed by atoms with E-state index in [-0.39, 0.29) is 11.5 Å². The van der Waals surface area contributed by atoms with Crippen molar-refractivity contribution >= 4 is 51.9 Å². The van der Waals surface area contributed by atoms with Crippen LogP contribution in [0.1, 0.15) is 15.9 Å². The van der Waals surface area contributed by atoms with E-state index in [2.05, 4.69) is 0 Å². The molecule has 0 atom stereocenters. The van der Waals surface area contributed by atoms with Gasteiger partial charge >= 0.3 is 5.97 Å². The van der Waals surface area contributed by atoms with Crippen LogP contribution in [-0.2, 0) is 4.79 Å². The second-order valence-electron chi connectivity index (χ2n) is 5.45. The molecular weight excluding hydrogens is 386 g/mol. The van der Waals surface area contributed by atoms with Crippen molar-refractivity contribution < 1.29 is 24.2 Å². The number of carbonyl (C=O) groups excluding carboxylic acids is 1. The van der Waals surface area contributed by atoms with E-state index in [1.807, 2.05) is 6.07 Å². The van der Waals surface area contributed by atoms with Gasteiger partial charge in [-0.15, -0.1) is 0 Å². The lowest BCUT2D eigenvalue weighted by Gasteiger charge is -2.14. The maximum atomic E-state index is 12.9. The van der Waals surface area contributed by atoms with Crippen LogP contribution in [0, 0.1) is 0 Å². The van der Waals surface area contributed by atoms with Crippen molar-refractivity contribution in [3.63, 3.8) is 0 Å². The Kier molecular flexibility index (Phi) is 5.48. The highest BCUT2D eigenvalue weighted by Gasteiger charge is 2.33. The van der Waals surface area contributed by atoms with Crippen molar-refractivity contribution in [2.45, 2.75) is 0 Å². The van der Waals surface area contributed by atoms with Gasteiger partial charge in [0.2, 0.25) is 0 Å². The van der Waals surface area contributed by atoms with E-state index < -0.39 is 5.97 Å². The van der Waals surface area contributed by atoms with E-state index in [9.17, 15) is 9.59 Å². The summed E-state index contributed by atoms with van der Waals surface area (Å²) in [6.07, 6.45) is 1.70. The molecule has 138 valence electrons. The first-order chi connectivity index (χ1) is 13.0. The Bertz CT molecular complexity index is 953. The first kappa shape index (κ1) is 18.9. The Morgan fingerprint density at radius 3 is 2.44 bits per heavy atom. The molecule has 0 aromatic heterocycles. The van der Waals surface area contributed by atoms with Gasteiger partial charge in [-0.1, -0.05) is 36.1 Å². The van der Waals surface area contributed by atoms with E-state index in [4.69, 9.17) is 26.8 Å². The quantitative estimate of drug-likeness (QED) is 0.603. The van der Waals surface area contributed by atoms with Crippen LogP contribution >= 0.6 is 24.0 Å². The summed E-state index contributed by atoms with van der Waals surface area (Å²) in [7, 11) is 3.08. The molecule has 0 spiro atoms. The molecule has 1 heterocycles. The van der Waals surface area contributed by atoms with Gasteiger partial charge in [0.25, 0.3) is 5.91 Å². The third-order valence-corrected chi connectivity index (χ3v) is 5.19. The zero-order chi connectivity index (χ0) is 19.6. The molecule has 1 N–H and O–H groups in total. The Morgan fingerprint density at radius 2 is 1.85 bits per heavy atom. The maximum Gasteiger partial charge on any atom is 0.335 e. The molecule has 1 fully saturated rings. The summed E-state index contributed by atoms with van der Waals surface area (Å²) in [4.78, 5) is 25.7. The number of amides is 1.